The first-order valence-corrected chi connectivity index (χ1v) is 7.92. The summed E-state index contributed by atoms with van der Waals surface area (Å²) < 4.78 is 5.71. The van der Waals surface area contributed by atoms with Crippen molar-refractivity contribution in [2.75, 3.05) is 6.54 Å². The first-order chi connectivity index (χ1) is 8.70. The van der Waals surface area contributed by atoms with Crippen LogP contribution in [0, 0.1) is 13.8 Å². The van der Waals surface area contributed by atoms with Gasteiger partial charge < -0.3 is 9.73 Å². The Labute approximate surface area is 114 Å². The van der Waals surface area contributed by atoms with Gasteiger partial charge in [0.2, 0.25) is 0 Å². The summed E-state index contributed by atoms with van der Waals surface area (Å²) in [4.78, 5) is 4.50. The van der Waals surface area contributed by atoms with Crippen LogP contribution in [-0.4, -0.2) is 22.8 Å². The Morgan fingerprint density at radius 3 is 2.72 bits per heavy atom. The third-order valence-corrected chi connectivity index (χ3v) is 4.92. The zero-order valence-corrected chi connectivity index (χ0v) is 12.5. The lowest BCUT2D eigenvalue weighted by atomic mass is 10.1. The normalized spacial score (nSPS) is 25.1. The molecule has 1 aromatic heterocycles. The van der Waals surface area contributed by atoms with E-state index in [9.17, 15) is 0 Å². The number of hydrogen-bond donors (Lipinski definition) is 1. The Morgan fingerprint density at radius 1 is 1.28 bits per heavy atom. The van der Waals surface area contributed by atoms with E-state index in [-0.39, 0.29) is 0 Å². The number of aromatic nitrogens is 1. The summed E-state index contributed by atoms with van der Waals surface area (Å²) in [5.74, 6) is 0.950. The minimum Gasteiger partial charge on any atom is -0.437 e. The largest absolute Gasteiger partial charge is 0.437 e. The van der Waals surface area contributed by atoms with Crippen molar-refractivity contribution in [3.05, 3.63) is 11.5 Å². The van der Waals surface area contributed by atoms with Crippen LogP contribution < -0.4 is 5.32 Å². The lowest BCUT2D eigenvalue weighted by Crippen LogP contribution is -2.37. The summed E-state index contributed by atoms with van der Waals surface area (Å²) in [5, 5.41) is 5.07. The van der Waals surface area contributed by atoms with Gasteiger partial charge in [0.1, 0.15) is 5.76 Å². The van der Waals surface area contributed by atoms with E-state index in [1.165, 1.54) is 32.1 Å². The van der Waals surface area contributed by atoms with E-state index in [4.69, 9.17) is 4.42 Å². The van der Waals surface area contributed by atoms with Gasteiger partial charge in [0.25, 0.3) is 5.22 Å². The van der Waals surface area contributed by atoms with E-state index in [1.807, 2.05) is 25.6 Å². The van der Waals surface area contributed by atoms with Crippen LogP contribution in [0.3, 0.4) is 0 Å². The Hall–Kier alpha value is -0.480. The van der Waals surface area contributed by atoms with E-state index in [0.717, 1.165) is 23.2 Å². The average molecular weight is 268 g/mol. The molecule has 102 valence electrons. The maximum absolute atomic E-state index is 5.71. The highest BCUT2D eigenvalue weighted by atomic mass is 32.2. The topological polar surface area (TPSA) is 38.1 Å². The maximum Gasteiger partial charge on any atom is 0.256 e. The molecule has 2 unspecified atom stereocenters. The van der Waals surface area contributed by atoms with Gasteiger partial charge in [0, 0.05) is 11.3 Å². The fraction of sp³-hybridized carbons (Fsp3) is 0.786. The standard InChI is InChI=1S/C14H24N2OS/c1-4-15-12-8-6-5-7-9-13(12)18-14-16-10(2)11(3)17-14/h12-13,15H,4-9H2,1-3H3. The van der Waals surface area contributed by atoms with Gasteiger partial charge in [-0.25, -0.2) is 4.98 Å². The van der Waals surface area contributed by atoms with E-state index in [2.05, 4.69) is 17.2 Å². The zero-order valence-electron chi connectivity index (χ0n) is 11.7. The van der Waals surface area contributed by atoms with Crippen LogP contribution in [0.5, 0.6) is 0 Å². The van der Waals surface area contributed by atoms with Crippen LogP contribution in [0.25, 0.3) is 0 Å². The Balaban J connectivity index is 2.03. The molecular formula is C14H24N2OS. The Kier molecular flexibility index (Phi) is 5.13. The second-order valence-electron chi connectivity index (χ2n) is 5.08. The van der Waals surface area contributed by atoms with Gasteiger partial charge in [-0.2, -0.15) is 0 Å². The van der Waals surface area contributed by atoms with Crippen molar-refractivity contribution in [2.24, 2.45) is 0 Å². The smallest absolute Gasteiger partial charge is 0.256 e. The molecule has 0 saturated heterocycles. The van der Waals surface area contributed by atoms with Crippen molar-refractivity contribution in [1.29, 1.82) is 0 Å². The monoisotopic (exact) mass is 268 g/mol. The van der Waals surface area contributed by atoms with Crippen molar-refractivity contribution in [2.45, 2.75) is 69.4 Å². The first-order valence-electron chi connectivity index (χ1n) is 7.04. The lowest BCUT2D eigenvalue weighted by molar-refractivity contribution is 0.424. The third kappa shape index (κ3) is 3.51. The molecule has 3 nitrogen and oxygen atoms in total. The van der Waals surface area contributed by atoms with Crippen molar-refractivity contribution < 1.29 is 4.42 Å². The molecule has 1 aromatic rings. The van der Waals surface area contributed by atoms with E-state index < -0.39 is 0 Å². The fourth-order valence-electron chi connectivity index (χ4n) is 2.53. The van der Waals surface area contributed by atoms with Gasteiger partial charge in [-0.3, -0.25) is 0 Å². The molecule has 0 amide bonds. The van der Waals surface area contributed by atoms with Gasteiger partial charge in [0.05, 0.1) is 5.69 Å². The van der Waals surface area contributed by atoms with Crippen molar-refractivity contribution in [3.63, 3.8) is 0 Å². The first kappa shape index (κ1) is 13.9. The summed E-state index contributed by atoms with van der Waals surface area (Å²) in [6.07, 6.45) is 6.59. The lowest BCUT2D eigenvalue weighted by Gasteiger charge is -2.24. The Morgan fingerprint density at radius 2 is 2.06 bits per heavy atom. The molecule has 2 atom stereocenters. The quantitative estimate of drug-likeness (QED) is 0.845. The number of thioether (sulfide) groups is 1. The molecule has 0 bridgehead atoms. The van der Waals surface area contributed by atoms with Crippen LogP contribution in [-0.2, 0) is 0 Å². The SMILES string of the molecule is CCNC1CCCCCC1Sc1nc(C)c(C)o1. The summed E-state index contributed by atoms with van der Waals surface area (Å²) in [7, 11) is 0. The molecule has 1 aliphatic rings. The molecule has 0 aliphatic heterocycles. The summed E-state index contributed by atoms with van der Waals surface area (Å²) >= 11 is 1.82. The average Bonchev–Trinajstić information content (AvgIpc) is 2.53. The third-order valence-electron chi connectivity index (χ3n) is 3.68. The molecule has 1 heterocycles. The molecule has 2 rings (SSSR count). The molecule has 1 N–H and O–H groups in total. The summed E-state index contributed by atoms with van der Waals surface area (Å²) in [5.41, 5.74) is 1.02. The van der Waals surface area contributed by atoms with E-state index >= 15 is 0 Å². The van der Waals surface area contributed by atoms with Crippen LogP contribution in [0.2, 0.25) is 0 Å². The fourth-order valence-corrected chi connectivity index (χ4v) is 3.84. The molecule has 0 spiro atoms. The number of oxazole rings is 1. The molecule has 1 fully saturated rings. The highest BCUT2D eigenvalue weighted by Crippen LogP contribution is 2.33. The van der Waals surface area contributed by atoms with Gasteiger partial charge in [0.15, 0.2) is 0 Å². The zero-order chi connectivity index (χ0) is 13.0. The second-order valence-corrected chi connectivity index (χ2v) is 6.27. The number of rotatable bonds is 4. The molecule has 0 aromatic carbocycles. The number of aryl methyl sites for hydroxylation is 2. The minimum absolute atomic E-state index is 0.602. The molecule has 0 radical (unpaired) electrons. The number of nitrogens with one attached hydrogen (secondary N) is 1. The highest BCUT2D eigenvalue weighted by molar-refractivity contribution is 7.99. The van der Waals surface area contributed by atoms with Gasteiger partial charge in [-0.1, -0.05) is 37.9 Å². The maximum atomic E-state index is 5.71. The van der Waals surface area contributed by atoms with Crippen LogP contribution in [0.4, 0.5) is 0 Å². The molecular weight excluding hydrogens is 244 g/mol. The highest BCUT2D eigenvalue weighted by Gasteiger charge is 2.25. The predicted molar refractivity (Wildman–Crippen MR) is 76.2 cm³/mol. The molecule has 4 heteroatoms. The van der Waals surface area contributed by atoms with Crippen molar-refractivity contribution in [1.82, 2.24) is 10.3 Å². The Bertz CT molecular complexity index is 358. The van der Waals surface area contributed by atoms with E-state index in [0.29, 0.717) is 11.3 Å². The molecule has 18 heavy (non-hydrogen) atoms. The van der Waals surface area contributed by atoms with Gasteiger partial charge in [-0.15, -0.1) is 0 Å². The predicted octanol–water partition coefficient (Wildman–Crippen LogP) is 3.69. The molecule has 1 aliphatic carbocycles. The van der Waals surface area contributed by atoms with E-state index in [1.54, 1.807) is 0 Å². The van der Waals surface area contributed by atoms with Crippen LogP contribution >= 0.6 is 11.8 Å². The summed E-state index contributed by atoms with van der Waals surface area (Å²) in [6, 6.07) is 0.606. The van der Waals surface area contributed by atoms with Crippen molar-refractivity contribution >= 4 is 11.8 Å². The van der Waals surface area contributed by atoms with Gasteiger partial charge >= 0.3 is 0 Å². The van der Waals surface area contributed by atoms with Gasteiger partial charge in [-0.05, 0) is 33.2 Å². The summed E-state index contributed by atoms with van der Waals surface area (Å²) in [6.45, 7) is 7.23. The number of hydrogen-bond acceptors (Lipinski definition) is 4. The van der Waals surface area contributed by atoms with Crippen LogP contribution in [0.15, 0.2) is 9.64 Å². The second kappa shape index (κ2) is 6.62. The van der Waals surface area contributed by atoms with Crippen LogP contribution in [0.1, 0.15) is 50.5 Å². The minimum atomic E-state index is 0.602. The van der Waals surface area contributed by atoms with Crippen molar-refractivity contribution in [3.8, 4) is 0 Å². The number of nitrogens with zero attached hydrogens (tertiary/aromatic N) is 1. The molecule has 1 saturated carbocycles.